The molecular weight excluding hydrogens is 769 g/mol. The molecule has 0 unspecified atom stereocenters. The molecule has 11 heterocycles. The average molecular weight is 795 g/mol. The maximum atomic E-state index is 11.5. The Balaban J connectivity index is 0.000000102. The molecule has 12 aromatic rings. The van der Waals surface area contributed by atoms with Crippen molar-refractivity contribution in [1.29, 1.82) is 0 Å². The lowest BCUT2D eigenvalue weighted by Crippen LogP contribution is -2.05. The Morgan fingerprint density at radius 1 is 0.552 bits per heavy atom. The molecule has 0 aliphatic carbocycles. The summed E-state index contributed by atoms with van der Waals surface area (Å²) in [4.78, 5) is 94.8. The number of aromatic amines is 8. The van der Waals surface area contributed by atoms with Gasteiger partial charge in [-0.1, -0.05) is 18.2 Å². The highest BCUT2D eigenvalue weighted by molar-refractivity contribution is 7.16. The molecule has 22 heteroatoms. The van der Waals surface area contributed by atoms with Crippen molar-refractivity contribution in [2.75, 3.05) is 0 Å². The van der Waals surface area contributed by atoms with Crippen LogP contribution in [0.2, 0.25) is 0 Å². The van der Waals surface area contributed by atoms with Gasteiger partial charge in [0.25, 0.3) is 27.8 Å². The fraction of sp³-hybridized carbons (Fsp3) is 0. The molecule has 0 radical (unpaired) electrons. The summed E-state index contributed by atoms with van der Waals surface area (Å²) < 4.78 is 1.64. The van der Waals surface area contributed by atoms with E-state index in [0.29, 0.717) is 49.5 Å². The van der Waals surface area contributed by atoms with Crippen LogP contribution in [0.1, 0.15) is 0 Å². The van der Waals surface area contributed by atoms with Crippen molar-refractivity contribution in [2.45, 2.75) is 0 Å². The van der Waals surface area contributed by atoms with E-state index in [0.717, 1.165) is 21.3 Å². The molecule has 0 bridgehead atoms. The van der Waals surface area contributed by atoms with Crippen molar-refractivity contribution in [3.05, 3.63) is 162 Å². The smallest absolute Gasteiger partial charge is 0.261 e. The van der Waals surface area contributed by atoms with Crippen molar-refractivity contribution in [1.82, 2.24) is 79.6 Å². The quantitative estimate of drug-likeness (QED) is 0.110. The van der Waals surface area contributed by atoms with Crippen LogP contribution in [-0.2, 0) is 0 Å². The molecule has 0 aliphatic rings. The maximum Gasteiger partial charge on any atom is 0.261 e. The van der Waals surface area contributed by atoms with E-state index < -0.39 is 0 Å². The Morgan fingerprint density at radius 2 is 1.22 bits per heavy atom. The van der Waals surface area contributed by atoms with Crippen LogP contribution in [0.3, 0.4) is 0 Å². The molecule has 0 fully saturated rings. The summed E-state index contributed by atoms with van der Waals surface area (Å²) in [5.74, 6) is 0. The largest absolute Gasteiger partial charge is 0.346 e. The summed E-state index contributed by atoms with van der Waals surface area (Å²) >= 11 is 1.47. The number of rotatable bonds is 0. The Labute approximate surface area is 323 Å². The van der Waals surface area contributed by atoms with Crippen molar-refractivity contribution >= 4 is 82.1 Å². The predicted octanol–water partition coefficient (Wildman–Crippen LogP) is 2.86. The molecule has 1 aromatic carbocycles. The molecule has 0 saturated carbocycles. The number of aromatic nitrogens is 16. The average Bonchev–Trinajstić information content (AvgIpc) is 4.09. The summed E-state index contributed by atoms with van der Waals surface area (Å²) in [5.41, 5.74) is 3.59. The van der Waals surface area contributed by atoms with Crippen LogP contribution in [0.25, 0.3) is 70.8 Å². The molecule has 0 atom stereocenters. The van der Waals surface area contributed by atoms with E-state index in [1.54, 1.807) is 35.1 Å². The first-order valence-corrected chi connectivity index (χ1v) is 17.8. The Bertz CT molecular complexity index is 3440. The number of fused-ring (bicyclic) bond motifs is 9. The molecule has 0 saturated heterocycles. The van der Waals surface area contributed by atoms with Crippen LogP contribution in [0.4, 0.5) is 0 Å². The molecule has 0 aliphatic heterocycles. The minimum absolute atomic E-state index is 0.0637. The van der Waals surface area contributed by atoms with Gasteiger partial charge in [0.2, 0.25) is 0 Å². The van der Waals surface area contributed by atoms with E-state index in [2.05, 4.69) is 75.1 Å². The number of benzene rings is 1. The van der Waals surface area contributed by atoms with Crippen LogP contribution in [-0.4, -0.2) is 79.6 Å². The third-order valence-electron chi connectivity index (χ3n) is 8.32. The van der Waals surface area contributed by atoms with Gasteiger partial charge < -0.3 is 34.9 Å². The topological polar surface area (TPSA) is 306 Å². The van der Waals surface area contributed by atoms with E-state index in [4.69, 9.17) is 0 Å². The minimum Gasteiger partial charge on any atom is -0.346 e. The van der Waals surface area contributed by atoms with Crippen LogP contribution in [0.15, 0.2) is 134 Å². The van der Waals surface area contributed by atoms with E-state index in [1.165, 1.54) is 49.2 Å². The zero-order chi connectivity index (χ0) is 40.0. The molecular formula is C36H26N16O5S. The molecule has 11 aromatic heterocycles. The second-order valence-electron chi connectivity index (χ2n) is 11.8. The Kier molecular flexibility index (Phi) is 10.0. The van der Waals surface area contributed by atoms with E-state index in [9.17, 15) is 24.0 Å². The van der Waals surface area contributed by atoms with Gasteiger partial charge in [0, 0.05) is 23.3 Å². The SMILES string of the molecule is O=c1[nH]cnc2[nH]c3ccccc3c12.O=c1[nH]cnc2[nH]ccc12.O=c1[nH]cnc2[nH]ncc12.O=c1[nH]cnc2c1cc1cccnn12.O=c1[nH]cnc2sccc12. The highest BCUT2D eigenvalue weighted by atomic mass is 32.1. The van der Waals surface area contributed by atoms with Gasteiger partial charge in [-0.05, 0) is 41.8 Å². The number of para-hydroxylation sites is 1. The maximum absolute atomic E-state index is 11.5. The lowest BCUT2D eigenvalue weighted by atomic mass is 10.2. The summed E-state index contributed by atoms with van der Waals surface area (Å²) in [6.07, 6.45) is 11.7. The van der Waals surface area contributed by atoms with Gasteiger partial charge in [0.05, 0.1) is 64.9 Å². The molecule has 0 amide bonds. The first-order valence-electron chi connectivity index (χ1n) is 16.9. The standard InChI is InChI=1S/C10H7N3O.C9H6N4O.C6H5N3O.C6H4N2OS.C5H4N4O/c14-10-8-6-3-1-2-4-7(6)13-9(8)11-5-12-10;14-9-7-4-6-2-1-3-12-13(6)8(7)10-5-11-9;10-6-4-1-2-7-5(4)8-3-9-6;9-5-4-1-2-10-6(4)8-3-7-5;10-5-3-1-8-9-4(3)6-2-7-5/h1-5H,(H2,11,12,13,14);1-5H,(H,10,11,14);1-3H,(H2,7,8,9,10);1-3H,(H,7,8,9);1-2H,(H2,6,7,8,9,10). The number of hydrogen-bond acceptors (Lipinski definition) is 13. The van der Waals surface area contributed by atoms with E-state index in [1.807, 2.05) is 41.8 Å². The summed E-state index contributed by atoms with van der Waals surface area (Å²) in [5, 5.41) is 16.1. The number of hydrogen-bond donors (Lipinski definition) is 8. The monoisotopic (exact) mass is 794 g/mol. The van der Waals surface area contributed by atoms with Gasteiger partial charge in [0.1, 0.15) is 21.5 Å². The van der Waals surface area contributed by atoms with Crippen molar-refractivity contribution in [3.63, 3.8) is 0 Å². The van der Waals surface area contributed by atoms with Gasteiger partial charge in [0.15, 0.2) is 11.3 Å². The minimum atomic E-state index is -0.168. The first-order chi connectivity index (χ1) is 28.4. The Morgan fingerprint density at radius 3 is 2.00 bits per heavy atom. The second kappa shape index (κ2) is 16.0. The van der Waals surface area contributed by atoms with E-state index >= 15 is 0 Å². The summed E-state index contributed by atoms with van der Waals surface area (Å²) in [7, 11) is 0. The molecule has 12 rings (SSSR count). The predicted molar refractivity (Wildman–Crippen MR) is 217 cm³/mol. The number of nitrogens with zero attached hydrogens (tertiary/aromatic N) is 8. The fourth-order valence-corrected chi connectivity index (χ4v) is 6.40. The fourth-order valence-electron chi connectivity index (χ4n) is 5.66. The Hall–Kier alpha value is -8.66. The van der Waals surface area contributed by atoms with Crippen molar-refractivity contribution < 1.29 is 0 Å². The normalized spacial score (nSPS) is 10.8. The molecule has 8 N–H and O–H groups in total. The molecule has 0 spiro atoms. The van der Waals surface area contributed by atoms with Gasteiger partial charge in [-0.15, -0.1) is 11.3 Å². The lowest BCUT2D eigenvalue weighted by Gasteiger charge is -1.91. The molecule has 21 nitrogen and oxygen atoms in total. The summed E-state index contributed by atoms with van der Waals surface area (Å²) in [6, 6.07) is 16.6. The van der Waals surface area contributed by atoms with Gasteiger partial charge in [-0.2, -0.15) is 10.2 Å². The third kappa shape index (κ3) is 7.38. The highest BCUT2D eigenvalue weighted by Gasteiger charge is 2.08. The zero-order valence-corrected chi connectivity index (χ0v) is 30.2. The van der Waals surface area contributed by atoms with Crippen LogP contribution >= 0.6 is 11.3 Å². The first kappa shape index (κ1) is 36.3. The highest BCUT2D eigenvalue weighted by Crippen LogP contribution is 2.19. The third-order valence-corrected chi connectivity index (χ3v) is 9.14. The zero-order valence-electron chi connectivity index (χ0n) is 29.4. The van der Waals surface area contributed by atoms with Crippen molar-refractivity contribution in [3.8, 4) is 0 Å². The molecule has 58 heavy (non-hydrogen) atoms. The van der Waals surface area contributed by atoms with Crippen LogP contribution in [0.5, 0.6) is 0 Å². The lowest BCUT2D eigenvalue weighted by molar-refractivity contribution is 0.951. The van der Waals surface area contributed by atoms with Crippen LogP contribution < -0.4 is 27.8 Å². The van der Waals surface area contributed by atoms with Crippen molar-refractivity contribution in [2.24, 2.45) is 0 Å². The van der Waals surface area contributed by atoms with Crippen LogP contribution in [0, 0.1) is 0 Å². The van der Waals surface area contributed by atoms with Gasteiger partial charge in [-0.3, -0.25) is 29.1 Å². The second-order valence-corrected chi connectivity index (χ2v) is 12.7. The number of H-pyrrole nitrogens is 8. The van der Waals surface area contributed by atoms with Gasteiger partial charge >= 0.3 is 0 Å². The number of thiophene rings is 1. The number of nitrogens with one attached hydrogen (secondary N) is 8. The van der Waals surface area contributed by atoms with Gasteiger partial charge in [-0.25, -0.2) is 29.4 Å². The summed E-state index contributed by atoms with van der Waals surface area (Å²) in [6.45, 7) is 0. The molecule has 286 valence electrons. The van der Waals surface area contributed by atoms with E-state index in [-0.39, 0.29) is 27.8 Å².